The highest BCUT2D eigenvalue weighted by molar-refractivity contribution is 5.96. The van der Waals surface area contributed by atoms with E-state index in [1.165, 1.54) is 0 Å². The normalized spacial score (nSPS) is 13.8. The van der Waals surface area contributed by atoms with Crippen LogP contribution in [0.5, 0.6) is 11.5 Å². The van der Waals surface area contributed by atoms with Crippen LogP contribution in [0.3, 0.4) is 0 Å². The first-order valence-electron chi connectivity index (χ1n) is 7.39. The highest BCUT2D eigenvalue weighted by Gasteiger charge is 2.20. The second-order valence-electron chi connectivity index (χ2n) is 5.23. The minimum absolute atomic E-state index is 0.0900. The van der Waals surface area contributed by atoms with E-state index in [4.69, 9.17) is 9.47 Å². The summed E-state index contributed by atoms with van der Waals surface area (Å²) in [5, 5.41) is 2.76. The number of methoxy groups -OCH3 is 2. The van der Waals surface area contributed by atoms with Crippen molar-refractivity contribution in [2.75, 3.05) is 27.3 Å². The first-order valence-corrected chi connectivity index (χ1v) is 7.39. The van der Waals surface area contributed by atoms with Crippen LogP contribution < -0.4 is 14.8 Å². The summed E-state index contributed by atoms with van der Waals surface area (Å²) < 4.78 is 10.4. The molecule has 1 aromatic rings. The Hall–Kier alpha value is -2.24. The number of ether oxygens (including phenoxy) is 2. The number of nitrogens with zero attached hydrogens (tertiary/aromatic N) is 1. The standard InChI is InChI=1S/C16H22N2O4/c1-21-13-6-5-12(9-14(13)22-2)11-17-15(19)10-16(20)18-7-3-4-8-18/h5-6,9H,3-4,7-8,10-11H2,1-2H3,(H,17,19). The molecule has 1 aliphatic rings. The van der Waals surface area contributed by atoms with Crippen molar-refractivity contribution in [2.45, 2.75) is 25.8 Å². The van der Waals surface area contributed by atoms with E-state index in [2.05, 4.69) is 5.32 Å². The molecule has 1 heterocycles. The van der Waals surface area contributed by atoms with Crippen molar-refractivity contribution in [1.29, 1.82) is 0 Å². The molecule has 0 aliphatic carbocycles. The summed E-state index contributed by atoms with van der Waals surface area (Å²) in [4.78, 5) is 25.5. The van der Waals surface area contributed by atoms with E-state index < -0.39 is 0 Å². The minimum atomic E-state index is -0.258. The number of carbonyl (C=O) groups is 2. The average molecular weight is 306 g/mol. The average Bonchev–Trinajstić information content (AvgIpc) is 3.07. The van der Waals surface area contributed by atoms with Gasteiger partial charge in [-0.25, -0.2) is 0 Å². The van der Waals surface area contributed by atoms with Crippen LogP contribution in [0, 0.1) is 0 Å². The number of carbonyl (C=O) groups excluding carboxylic acids is 2. The largest absolute Gasteiger partial charge is 0.493 e. The quantitative estimate of drug-likeness (QED) is 0.805. The fourth-order valence-corrected chi connectivity index (χ4v) is 2.47. The highest BCUT2D eigenvalue weighted by atomic mass is 16.5. The molecule has 6 nitrogen and oxygen atoms in total. The van der Waals surface area contributed by atoms with Crippen LogP contribution in [0.25, 0.3) is 0 Å². The molecule has 0 unspecified atom stereocenters. The number of likely N-dealkylation sites (tertiary alicyclic amines) is 1. The summed E-state index contributed by atoms with van der Waals surface area (Å²) in [5.41, 5.74) is 0.889. The fourth-order valence-electron chi connectivity index (χ4n) is 2.47. The Kier molecular flexibility index (Phi) is 5.63. The van der Waals surface area contributed by atoms with E-state index in [0.29, 0.717) is 18.0 Å². The summed E-state index contributed by atoms with van der Waals surface area (Å²) in [7, 11) is 3.14. The molecule has 22 heavy (non-hydrogen) atoms. The van der Waals surface area contributed by atoms with Gasteiger partial charge >= 0.3 is 0 Å². The van der Waals surface area contributed by atoms with Crippen molar-refractivity contribution < 1.29 is 19.1 Å². The van der Waals surface area contributed by atoms with Crippen LogP contribution in [-0.2, 0) is 16.1 Å². The van der Waals surface area contributed by atoms with Crippen molar-refractivity contribution in [3.05, 3.63) is 23.8 Å². The molecule has 0 saturated carbocycles. The molecule has 120 valence electrons. The summed E-state index contributed by atoms with van der Waals surface area (Å²) in [6.07, 6.45) is 1.96. The zero-order valence-corrected chi connectivity index (χ0v) is 13.1. The predicted molar refractivity (Wildman–Crippen MR) is 81.8 cm³/mol. The third kappa shape index (κ3) is 4.13. The number of benzene rings is 1. The monoisotopic (exact) mass is 306 g/mol. The molecule has 1 aliphatic heterocycles. The third-order valence-corrected chi connectivity index (χ3v) is 3.71. The minimum Gasteiger partial charge on any atom is -0.493 e. The molecule has 0 atom stereocenters. The maximum Gasteiger partial charge on any atom is 0.232 e. The lowest BCUT2D eigenvalue weighted by atomic mass is 10.2. The SMILES string of the molecule is COc1ccc(CNC(=O)CC(=O)N2CCCC2)cc1OC. The van der Waals surface area contributed by atoms with Gasteiger partial charge in [0.2, 0.25) is 11.8 Å². The van der Waals surface area contributed by atoms with Crippen LogP contribution in [0.2, 0.25) is 0 Å². The topological polar surface area (TPSA) is 67.9 Å². The zero-order chi connectivity index (χ0) is 15.9. The number of rotatable bonds is 6. The van der Waals surface area contributed by atoms with Gasteiger partial charge in [-0.3, -0.25) is 9.59 Å². The van der Waals surface area contributed by atoms with Crippen LogP contribution in [0.4, 0.5) is 0 Å². The second kappa shape index (κ2) is 7.68. The van der Waals surface area contributed by atoms with Gasteiger partial charge in [0.25, 0.3) is 0 Å². The molecule has 0 aromatic heterocycles. The lowest BCUT2D eigenvalue weighted by Crippen LogP contribution is -2.33. The Bertz CT molecular complexity index is 539. The zero-order valence-electron chi connectivity index (χ0n) is 13.1. The lowest BCUT2D eigenvalue weighted by Gasteiger charge is -2.15. The van der Waals surface area contributed by atoms with Gasteiger partial charge in [-0.2, -0.15) is 0 Å². The third-order valence-electron chi connectivity index (χ3n) is 3.71. The Morgan fingerprint density at radius 3 is 2.45 bits per heavy atom. The van der Waals surface area contributed by atoms with Crippen LogP contribution in [0.1, 0.15) is 24.8 Å². The second-order valence-corrected chi connectivity index (χ2v) is 5.23. The fraction of sp³-hybridized carbons (Fsp3) is 0.500. The van der Waals surface area contributed by atoms with Crippen molar-refractivity contribution in [1.82, 2.24) is 10.2 Å². The maximum absolute atomic E-state index is 11.9. The van der Waals surface area contributed by atoms with E-state index in [1.54, 1.807) is 31.3 Å². The van der Waals surface area contributed by atoms with E-state index in [0.717, 1.165) is 31.5 Å². The van der Waals surface area contributed by atoms with Gasteiger partial charge in [0.05, 0.1) is 14.2 Å². The molecule has 1 saturated heterocycles. The molecule has 0 spiro atoms. The van der Waals surface area contributed by atoms with Crippen molar-refractivity contribution in [2.24, 2.45) is 0 Å². The van der Waals surface area contributed by atoms with E-state index >= 15 is 0 Å². The van der Waals surface area contributed by atoms with Crippen LogP contribution in [0.15, 0.2) is 18.2 Å². The summed E-state index contributed by atoms with van der Waals surface area (Å²) in [6.45, 7) is 1.88. The van der Waals surface area contributed by atoms with Crippen molar-refractivity contribution >= 4 is 11.8 Å². The Morgan fingerprint density at radius 1 is 1.14 bits per heavy atom. The van der Waals surface area contributed by atoms with Crippen molar-refractivity contribution in [3.63, 3.8) is 0 Å². The molecule has 0 radical (unpaired) electrons. The van der Waals surface area contributed by atoms with Gasteiger partial charge in [0.1, 0.15) is 6.42 Å². The summed E-state index contributed by atoms with van der Waals surface area (Å²) in [6, 6.07) is 5.45. The van der Waals surface area contributed by atoms with Gasteiger partial charge in [0.15, 0.2) is 11.5 Å². The first-order chi connectivity index (χ1) is 10.6. The van der Waals surface area contributed by atoms with Crippen molar-refractivity contribution in [3.8, 4) is 11.5 Å². The smallest absolute Gasteiger partial charge is 0.232 e. The van der Waals surface area contributed by atoms with Gasteiger partial charge in [-0.15, -0.1) is 0 Å². The molecule has 1 N–H and O–H groups in total. The molecule has 6 heteroatoms. The molecular formula is C16H22N2O4. The predicted octanol–water partition coefficient (Wildman–Crippen LogP) is 1.33. The van der Waals surface area contributed by atoms with Gasteiger partial charge in [0, 0.05) is 19.6 Å². The Labute approximate surface area is 130 Å². The van der Waals surface area contributed by atoms with Gasteiger partial charge < -0.3 is 19.7 Å². The number of nitrogens with one attached hydrogen (secondary N) is 1. The number of hydrogen-bond acceptors (Lipinski definition) is 4. The maximum atomic E-state index is 11.9. The lowest BCUT2D eigenvalue weighted by molar-refractivity contribution is -0.135. The number of amides is 2. The van der Waals surface area contributed by atoms with Crippen LogP contribution in [-0.4, -0.2) is 44.0 Å². The molecule has 0 bridgehead atoms. The molecule has 2 rings (SSSR count). The molecular weight excluding hydrogens is 284 g/mol. The Balaban J connectivity index is 1.84. The van der Waals surface area contributed by atoms with E-state index in [-0.39, 0.29) is 18.2 Å². The molecule has 1 fully saturated rings. The van der Waals surface area contributed by atoms with Gasteiger partial charge in [-0.05, 0) is 30.5 Å². The van der Waals surface area contributed by atoms with E-state index in [9.17, 15) is 9.59 Å². The van der Waals surface area contributed by atoms with E-state index in [1.807, 2.05) is 6.07 Å². The van der Waals surface area contributed by atoms with Gasteiger partial charge in [-0.1, -0.05) is 6.07 Å². The van der Waals surface area contributed by atoms with Crippen LogP contribution >= 0.6 is 0 Å². The summed E-state index contributed by atoms with van der Waals surface area (Å²) >= 11 is 0. The Morgan fingerprint density at radius 2 is 1.82 bits per heavy atom. The molecule has 2 amide bonds. The highest BCUT2D eigenvalue weighted by Crippen LogP contribution is 2.27. The molecule has 1 aromatic carbocycles. The first kappa shape index (κ1) is 16.1. The number of hydrogen-bond donors (Lipinski definition) is 1. The summed E-state index contributed by atoms with van der Waals surface area (Å²) in [5.74, 6) is 0.901.